The molecule has 3 heterocycles. The molecule has 1 aromatic carbocycles. The standard InChI is InChI=1S/C15H12N6O2S/c1-9-14-15(20-17-9)11-8-10(5-6-12(11)18-19-14)24(22,23)21-13-4-2-3-7-16-13/h2-8H,1H3,(H,16,21)(H,17,20). The monoisotopic (exact) mass is 340 g/mol. The SMILES string of the molecule is Cc1[nH]nc2c1nnc1ccc(S(=O)(=O)Nc3ccccn3)cc12. The minimum Gasteiger partial charge on any atom is -0.280 e. The third-order valence-corrected chi connectivity index (χ3v) is 4.96. The van der Waals surface area contributed by atoms with Crippen LogP contribution in [0.1, 0.15) is 5.69 Å². The third-order valence-electron chi connectivity index (χ3n) is 3.61. The van der Waals surface area contributed by atoms with Gasteiger partial charge in [0.2, 0.25) is 0 Å². The Morgan fingerprint density at radius 3 is 2.75 bits per heavy atom. The summed E-state index contributed by atoms with van der Waals surface area (Å²) in [5.74, 6) is 0.256. The molecule has 24 heavy (non-hydrogen) atoms. The van der Waals surface area contributed by atoms with Gasteiger partial charge in [-0.15, -0.1) is 10.2 Å². The number of pyridine rings is 1. The van der Waals surface area contributed by atoms with Crippen LogP contribution >= 0.6 is 0 Å². The molecule has 0 amide bonds. The van der Waals surface area contributed by atoms with Crippen molar-refractivity contribution in [1.82, 2.24) is 25.4 Å². The molecule has 0 bridgehead atoms. The van der Waals surface area contributed by atoms with Crippen molar-refractivity contribution >= 4 is 37.8 Å². The molecule has 0 aliphatic rings. The first kappa shape index (κ1) is 14.5. The summed E-state index contributed by atoms with van der Waals surface area (Å²) in [5.41, 5.74) is 2.56. The van der Waals surface area contributed by atoms with E-state index in [1.165, 1.54) is 18.3 Å². The number of sulfonamides is 1. The Bertz CT molecular complexity index is 1150. The molecule has 8 nitrogen and oxygen atoms in total. The Labute approximate surface area is 137 Å². The predicted molar refractivity (Wildman–Crippen MR) is 89.0 cm³/mol. The zero-order valence-corrected chi connectivity index (χ0v) is 13.4. The molecule has 0 aliphatic heterocycles. The highest BCUT2D eigenvalue weighted by molar-refractivity contribution is 7.92. The second-order valence-corrected chi connectivity index (χ2v) is 6.93. The number of anilines is 1. The van der Waals surface area contributed by atoms with E-state index in [1.54, 1.807) is 24.3 Å². The van der Waals surface area contributed by atoms with Crippen molar-refractivity contribution in [3.8, 4) is 0 Å². The molecule has 3 aromatic heterocycles. The van der Waals surface area contributed by atoms with Gasteiger partial charge in [0.15, 0.2) is 0 Å². The number of hydrogen-bond donors (Lipinski definition) is 2. The van der Waals surface area contributed by atoms with E-state index < -0.39 is 10.0 Å². The first-order chi connectivity index (χ1) is 11.5. The fourth-order valence-electron chi connectivity index (χ4n) is 2.42. The van der Waals surface area contributed by atoms with Crippen LogP contribution in [0.15, 0.2) is 47.5 Å². The number of benzene rings is 1. The van der Waals surface area contributed by atoms with Gasteiger partial charge < -0.3 is 0 Å². The lowest BCUT2D eigenvalue weighted by Gasteiger charge is -2.07. The molecule has 0 fully saturated rings. The van der Waals surface area contributed by atoms with Crippen LogP contribution in [-0.2, 0) is 10.0 Å². The number of H-pyrrole nitrogens is 1. The smallest absolute Gasteiger partial charge is 0.263 e. The molecule has 0 atom stereocenters. The maximum Gasteiger partial charge on any atom is 0.263 e. The average Bonchev–Trinajstić information content (AvgIpc) is 2.96. The van der Waals surface area contributed by atoms with Crippen LogP contribution in [0.2, 0.25) is 0 Å². The Balaban J connectivity index is 1.86. The van der Waals surface area contributed by atoms with E-state index in [1.807, 2.05) is 6.92 Å². The average molecular weight is 340 g/mol. The molecule has 0 saturated carbocycles. The first-order valence-corrected chi connectivity index (χ1v) is 8.58. The van der Waals surface area contributed by atoms with Gasteiger partial charge >= 0.3 is 0 Å². The topological polar surface area (TPSA) is 114 Å². The van der Waals surface area contributed by atoms with Crippen LogP contribution in [0.3, 0.4) is 0 Å². The number of aromatic amines is 1. The predicted octanol–water partition coefficient (Wildman–Crippen LogP) is 2.01. The van der Waals surface area contributed by atoms with Gasteiger partial charge in [0.25, 0.3) is 10.0 Å². The number of hydrogen-bond acceptors (Lipinski definition) is 6. The molecule has 0 aliphatic carbocycles. The normalized spacial score (nSPS) is 11.9. The fraction of sp³-hybridized carbons (Fsp3) is 0.0667. The van der Waals surface area contributed by atoms with Gasteiger partial charge in [0, 0.05) is 11.6 Å². The second-order valence-electron chi connectivity index (χ2n) is 5.25. The van der Waals surface area contributed by atoms with E-state index in [9.17, 15) is 8.42 Å². The number of nitrogens with one attached hydrogen (secondary N) is 2. The number of aromatic nitrogens is 5. The second kappa shape index (κ2) is 5.24. The Morgan fingerprint density at radius 1 is 1.08 bits per heavy atom. The highest BCUT2D eigenvalue weighted by Gasteiger charge is 2.17. The van der Waals surface area contributed by atoms with Crippen molar-refractivity contribution in [2.24, 2.45) is 0 Å². The van der Waals surface area contributed by atoms with E-state index in [0.717, 1.165) is 5.69 Å². The van der Waals surface area contributed by atoms with Crippen molar-refractivity contribution in [3.63, 3.8) is 0 Å². The van der Waals surface area contributed by atoms with Crippen LogP contribution in [0.4, 0.5) is 5.82 Å². The fourth-order valence-corrected chi connectivity index (χ4v) is 3.45. The molecule has 4 rings (SSSR count). The summed E-state index contributed by atoms with van der Waals surface area (Å²) in [6.07, 6.45) is 1.52. The minimum absolute atomic E-state index is 0.107. The molecule has 9 heteroatoms. The van der Waals surface area contributed by atoms with Crippen LogP contribution < -0.4 is 4.72 Å². The van der Waals surface area contributed by atoms with Crippen LogP contribution in [0, 0.1) is 6.92 Å². The van der Waals surface area contributed by atoms with E-state index >= 15 is 0 Å². The van der Waals surface area contributed by atoms with Crippen molar-refractivity contribution in [1.29, 1.82) is 0 Å². The minimum atomic E-state index is -3.77. The molecule has 4 aromatic rings. The number of rotatable bonds is 3. The van der Waals surface area contributed by atoms with Gasteiger partial charge in [-0.25, -0.2) is 13.4 Å². The van der Waals surface area contributed by atoms with E-state index in [0.29, 0.717) is 21.9 Å². The Hall–Kier alpha value is -3.07. The summed E-state index contributed by atoms with van der Waals surface area (Å²) in [6, 6.07) is 9.63. The van der Waals surface area contributed by atoms with Gasteiger partial charge in [0.1, 0.15) is 16.9 Å². The zero-order valence-electron chi connectivity index (χ0n) is 12.6. The summed E-state index contributed by atoms with van der Waals surface area (Å²) < 4.78 is 27.6. The molecule has 0 saturated heterocycles. The van der Waals surface area contributed by atoms with Crippen molar-refractivity contribution < 1.29 is 8.42 Å². The third kappa shape index (κ3) is 2.35. The molecule has 0 spiro atoms. The summed E-state index contributed by atoms with van der Waals surface area (Å²) in [7, 11) is -3.77. The summed E-state index contributed by atoms with van der Waals surface area (Å²) >= 11 is 0. The van der Waals surface area contributed by atoms with Crippen molar-refractivity contribution in [2.75, 3.05) is 4.72 Å². The molecular weight excluding hydrogens is 328 g/mol. The Kier molecular flexibility index (Phi) is 3.17. The zero-order chi connectivity index (χ0) is 16.7. The number of nitrogens with zero attached hydrogens (tertiary/aromatic N) is 4. The lowest BCUT2D eigenvalue weighted by Crippen LogP contribution is -2.13. The lowest BCUT2D eigenvalue weighted by atomic mass is 10.2. The van der Waals surface area contributed by atoms with Crippen molar-refractivity contribution in [2.45, 2.75) is 11.8 Å². The highest BCUT2D eigenvalue weighted by atomic mass is 32.2. The van der Waals surface area contributed by atoms with Crippen molar-refractivity contribution in [3.05, 3.63) is 48.3 Å². The van der Waals surface area contributed by atoms with E-state index in [2.05, 4.69) is 30.1 Å². The molecule has 0 radical (unpaired) electrons. The summed E-state index contributed by atoms with van der Waals surface area (Å²) in [5, 5.41) is 15.9. The Morgan fingerprint density at radius 2 is 1.96 bits per heavy atom. The molecule has 2 N–H and O–H groups in total. The van der Waals surface area contributed by atoms with Gasteiger partial charge in [-0.05, 0) is 37.3 Å². The van der Waals surface area contributed by atoms with E-state index in [4.69, 9.17) is 0 Å². The van der Waals surface area contributed by atoms with Crippen LogP contribution in [-0.4, -0.2) is 33.8 Å². The first-order valence-electron chi connectivity index (χ1n) is 7.09. The number of aryl methyl sites for hydroxylation is 1. The maximum atomic E-state index is 12.6. The summed E-state index contributed by atoms with van der Waals surface area (Å²) in [6.45, 7) is 1.83. The maximum absolute atomic E-state index is 12.6. The van der Waals surface area contributed by atoms with E-state index in [-0.39, 0.29) is 10.7 Å². The lowest BCUT2D eigenvalue weighted by molar-refractivity contribution is 0.601. The number of fused-ring (bicyclic) bond motifs is 3. The van der Waals surface area contributed by atoms with Gasteiger partial charge in [0.05, 0.1) is 16.1 Å². The largest absolute Gasteiger partial charge is 0.280 e. The van der Waals surface area contributed by atoms with Gasteiger partial charge in [-0.2, -0.15) is 5.10 Å². The molecule has 120 valence electrons. The van der Waals surface area contributed by atoms with Gasteiger partial charge in [-0.3, -0.25) is 9.82 Å². The van der Waals surface area contributed by atoms with Crippen LogP contribution in [0.25, 0.3) is 21.9 Å². The van der Waals surface area contributed by atoms with Gasteiger partial charge in [-0.1, -0.05) is 6.07 Å². The summed E-state index contributed by atoms with van der Waals surface area (Å²) in [4.78, 5) is 4.08. The molecule has 0 unspecified atom stereocenters. The molecular formula is C15H12N6O2S. The van der Waals surface area contributed by atoms with Crippen LogP contribution in [0.5, 0.6) is 0 Å². The quantitative estimate of drug-likeness (QED) is 0.590. The highest BCUT2D eigenvalue weighted by Crippen LogP contribution is 2.25.